The second-order valence-corrected chi connectivity index (χ2v) is 4.20. The predicted molar refractivity (Wildman–Crippen MR) is 79.3 cm³/mol. The first-order valence-electron chi connectivity index (χ1n) is 6.44. The first kappa shape index (κ1) is 14.0. The lowest BCUT2D eigenvalue weighted by Gasteiger charge is -2.07. The van der Waals surface area contributed by atoms with E-state index in [0.29, 0.717) is 31.0 Å². The molecule has 0 amide bonds. The molecule has 0 spiro atoms. The lowest BCUT2D eigenvalue weighted by molar-refractivity contribution is 0.610. The minimum atomic E-state index is -0.184. The average Bonchev–Trinajstić information content (AvgIpc) is 2.48. The fourth-order valence-electron chi connectivity index (χ4n) is 1.73. The predicted octanol–water partition coefficient (Wildman–Crippen LogP) is 2.87. The highest BCUT2D eigenvalue weighted by molar-refractivity contribution is 5.40. The van der Waals surface area contributed by atoms with Gasteiger partial charge in [0.2, 0.25) is 5.95 Å². The summed E-state index contributed by atoms with van der Waals surface area (Å²) in [4.78, 5) is 8.41. The number of hydrogen-bond acceptors (Lipinski definition) is 4. The van der Waals surface area contributed by atoms with Crippen LogP contribution in [-0.2, 0) is 6.42 Å². The zero-order valence-electron chi connectivity index (χ0n) is 11.1. The molecule has 0 atom stereocenters. The number of benzene rings is 1. The fourth-order valence-corrected chi connectivity index (χ4v) is 1.73. The van der Waals surface area contributed by atoms with Gasteiger partial charge in [0.15, 0.2) is 0 Å². The molecule has 2 aromatic rings. The Morgan fingerprint density at radius 1 is 1.20 bits per heavy atom. The van der Waals surface area contributed by atoms with Crippen LogP contribution < -0.4 is 10.6 Å². The molecule has 1 heterocycles. The molecule has 0 fully saturated rings. The van der Waals surface area contributed by atoms with Crippen molar-refractivity contribution in [3.05, 3.63) is 60.6 Å². The van der Waals surface area contributed by atoms with Crippen molar-refractivity contribution in [2.24, 2.45) is 0 Å². The van der Waals surface area contributed by atoms with Crippen molar-refractivity contribution in [3.8, 4) is 0 Å². The summed E-state index contributed by atoms with van der Waals surface area (Å²) in [6.45, 7) is 4.85. The SMILES string of the molecule is C=CCNc1ccnc(NCCc2ccccc2F)n1. The number of hydrogen-bond donors (Lipinski definition) is 2. The van der Waals surface area contributed by atoms with Gasteiger partial charge in [-0.15, -0.1) is 6.58 Å². The molecule has 0 aliphatic carbocycles. The van der Waals surface area contributed by atoms with Gasteiger partial charge >= 0.3 is 0 Å². The topological polar surface area (TPSA) is 49.8 Å². The number of halogens is 1. The van der Waals surface area contributed by atoms with Crippen LogP contribution in [0.1, 0.15) is 5.56 Å². The van der Waals surface area contributed by atoms with E-state index in [-0.39, 0.29) is 5.82 Å². The molecule has 0 aliphatic heterocycles. The van der Waals surface area contributed by atoms with Gasteiger partial charge in [-0.2, -0.15) is 4.98 Å². The first-order valence-corrected chi connectivity index (χ1v) is 6.44. The van der Waals surface area contributed by atoms with Crippen LogP contribution in [0.25, 0.3) is 0 Å². The summed E-state index contributed by atoms with van der Waals surface area (Å²) < 4.78 is 13.4. The van der Waals surface area contributed by atoms with E-state index in [0.717, 1.165) is 5.82 Å². The molecule has 0 aliphatic rings. The van der Waals surface area contributed by atoms with Gasteiger partial charge in [-0.1, -0.05) is 24.3 Å². The third-order valence-corrected chi connectivity index (χ3v) is 2.72. The van der Waals surface area contributed by atoms with Crippen molar-refractivity contribution in [2.45, 2.75) is 6.42 Å². The summed E-state index contributed by atoms with van der Waals surface area (Å²) >= 11 is 0. The number of nitrogens with zero attached hydrogens (tertiary/aromatic N) is 2. The Balaban J connectivity index is 1.88. The van der Waals surface area contributed by atoms with Crippen LogP contribution in [0.3, 0.4) is 0 Å². The second kappa shape index (κ2) is 7.23. The van der Waals surface area contributed by atoms with Gasteiger partial charge in [-0.3, -0.25) is 0 Å². The molecule has 0 radical (unpaired) electrons. The molecule has 5 heteroatoms. The van der Waals surface area contributed by atoms with Crippen LogP contribution in [0.15, 0.2) is 49.2 Å². The third-order valence-electron chi connectivity index (χ3n) is 2.72. The quantitative estimate of drug-likeness (QED) is 0.761. The summed E-state index contributed by atoms with van der Waals surface area (Å²) in [6, 6.07) is 8.54. The second-order valence-electron chi connectivity index (χ2n) is 4.20. The van der Waals surface area contributed by atoms with Crippen molar-refractivity contribution in [1.29, 1.82) is 0 Å². The molecule has 0 saturated carbocycles. The maximum atomic E-state index is 13.4. The summed E-state index contributed by atoms with van der Waals surface area (Å²) in [5.74, 6) is 1.07. The van der Waals surface area contributed by atoms with Crippen LogP contribution in [0.2, 0.25) is 0 Å². The molecule has 2 N–H and O–H groups in total. The van der Waals surface area contributed by atoms with E-state index >= 15 is 0 Å². The highest BCUT2D eigenvalue weighted by Crippen LogP contribution is 2.08. The van der Waals surface area contributed by atoms with Crippen molar-refractivity contribution >= 4 is 11.8 Å². The Morgan fingerprint density at radius 3 is 2.85 bits per heavy atom. The van der Waals surface area contributed by atoms with Gasteiger partial charge in [-0.25, -0.2) is 9.37 Å². The number of rotatable bonds is 7. The lowest BCUT2D eigenvalue weighted by atomic mass is 10.1. The van der Waals surface area contributed by atoms with E-state index < -0.39 is 0 Å². The minimum absolute atomic E-state index is 0.184. The van der Waals surface area contributed by atoms with E-state index in [4.69, 9.17) is 0 Å². The maximum absolute atomic E-state index is 13.4. The zero-order valence-corrected chi connectivity index (χ0v) is 11.1. The first-order chi connectivity index (χ1) is 9.79. The standard InChI is InChI=1S/C15H17FN4/c1-2-9-17-14-8-11-19-15(20-14)18-10-7-12-5-3-4-6-13(12)16/h2-6,8,11H,1,7,9-10H2,(H2,17,18,19,20). The molecule has 1 aromatic heterocycles. The molecular weight excluding hydrogens is 255 g/mol. The molecule has 0 bridgehead atoms. The summed E-state index contributed by atoms with van der Waals surface area (Å²) in [5, 5.41) is 6.17. The van der Waals surface area contributed by atoms with E-state index in [1.54, 1.807) is 30.5 Å². The number of aromatic nitrogens is 2. The van der Waals surface area contributed by atoms with E-state index in [9.17, 15) is 4.39 Å². The molecule has 4 nitrogen and oxygen atoms in total. The molecule has 0 unspecified atom stereocenters. The lowest BCUT2D eigenvalue weighted by Crippen LogP contribution is -2.10. The average molecular weight is 272 g/mol. The van der Waals surface area contributed by atoms with Crippen molar-refractivity contribution in [2.75, 3.05) is 23.7 Å². The van der Waals surface area contributed by atoms with Gasteiger partial charge in [-0.05, 0) is 24.1 Å². The molecule has 104 valence electrons. The van der Waals surface area contributed by atoms with E-state index in [1.807, 2.05) is 6.07 Å². The minimum Gasteiger partial charge on any atom is -0.366 e. The largest absolute Gasteiger partial charge is 0.366 e. The third kappa shape index (κ3) is 4.05. The highest BCUT2D eigenvalue weighted by atomic mass is 19.1. The van der Waals surface area contributed by atoms with Crippen LogP contribution in [-0.4, -0.2) is 23.1 Å². The molecule has 20 heavy (non-hydrogen) atoms. The summed E-state index contributed by atoms with van der Waals surface area (Å²) in [5.41, 5.74) is 0.681. The Bertz CT molecular complexity index is 571. The maximum Gasteiger partial charge on any atom is 0.224 e. The van der Waals surface area contributed by atoms with Crippen LogP contribution in [0.4, 0.5) is 16.2 Å². The highest BCUT2D eigenvalue weighted by Gasteiger charge is 2.01. The normalized spacial score (nSPS) is 10.1. The molecule has 1 aromatic carbocycles. The van der Waals surface area contributed by atoms with Gasteiger partial charge in [0, 0.05) is 19.3 Å². The number of nitrogens with one attached hydrogen (secondary N) is 2. The van der Waals surface area contributed by atoms with Crippen LogP contribution >= 0.6 is 0 Å². The van der Waals surface area contributed by atoms with E-state index in [2.05, 4.69) is 27.2 Å². The van der Waals surface area contributed by atoms with Gasteiger partial charge in [0.05, 0.1) is 0 Å². The van der Waals surface area contributed by atoms with E-state index in [1.165, 1.54) is 6.07 Å². The Hall–Kier alpha value is -2.43. The van der Waals surface area contributed by atoms with Crippen LogP contribution in [0, 0.1) is 5.82 Å². The van der Waals surface area contributed by atoms with Gasteiger partial charge in [0.25, 0.3) is 0 Å². The van der Waals surface area contributed by atoms with Crippen molar-refractivity contribution < 1.29 is 4.39 Å². The zero-order chi connectivity index (χ0) is 14.2. The molecule has 2 rings (SSSR count). The van der Waals surface area contributed by atoms with Gasteiger partial charge in [0.1, 0.15) is 11.6 Å². The van der Waals surface area contributed by atoms with Crippen molar-refractivity contribution in [1.82, 2.24) is 9.97 Å². The molecule has 0 saturated heterocycles. The number of anilines is 2. The Labute approximate surface area is 117 Å². The van der Waals surface area contributed by atoms with Crippen molar-refractivity contribution in [3.63, 3.8) is 0 Å². The fraction of sp³-hybridized carbons (Fsp3) is 0.200. The smallest absolute Gasteiger partial charge is 0.224 e. The summed E-state index contributed by atoms with van der Waals surface area (Å²) in [7, 11) is 0. The monoisotopic (exact) mass is 272 g/mol. The summed E-state index contributed by atoms with van der Waals surface area (Å²) in [6.07, 6.45) is 4.01. The Morgan fingerprint density at radius 2 is 2.05 bits per heavy atom. The van der Waals surface area contributed by atoms with Gasteiger partial charge < -0.3 is 10.6 Å². The van der Waals surface area contributed by atoms with Crippen LogP contribution in [0.5, 0.6) is 0 Å². The Kier molecular flexibility index (Phi) is 5.06. The molecular formula is C15H17FN4.